The maximum Gasteiger partial charge on any atom is 0.0928 e. The highest BCUT2D eigenvalue weighted by molar-refractivity contribution is 6.35. The van der Waals surface area contributed by atoms with Crippen molar-refractivity contribution in [3.8, 4) is 0 Å². The molecule has 1 N–H and O–H groups in total. The summed E-state index contributed by atoms with van der Waals surface area (Å²) < 4.78 is 10.3. The highest BCUT2D eigenvalue weighted by Crippen LogP contribution is 2.23. The van der Waals surface area contributed by atoms with Crippen molar-refractivity contribution >= 4 is 23.2 Å². The summed E-state index contributed by atoms with van der Waals surface area (Å²) in [6.45, 7) is 1.85. The SMILES string of the molecule is COCC(CNCc1c(Cl)cccc1Cl)OC. The van der Waals surface area contributed by atoms with Gasteiger partial charge in [-0.25, -0.2) is 0 Å². The molecule has 0 saturated carbocycles. The first-order valence-electron chi connectivity index (χ1n) is 5.34. The van der Waals surface area contributed by atoms with Gasteiger partial charge in [0.2, 0.25) is 0 Å². The fraction of sp³-hybridized carbons (Fsp3) is 0.500. The minimum absolute atomic E-state index is 0.0289. The Morgan fingerprint density at radius 1 is 1.24 bits per heavy atom. The first-order valence-corrected chi connectivity index (χ1v) is 6.10. The van der Waals surface area contributed by atoms with Crippen LogP contribution < -0.4 is 5.32 Å². The standard InChI is InChI=1S/C12H17Cl2NO2/c1-16-8-9(17-2)6-15-7-10-11(13)4-3-5-12(10)14/h3-5,9,15H,6-8H2,1-2H3. The van der Waals surface area contributed by atoms with E-state index in [4.69, 9.17) is 32.7 Å². The van der Waals surface area contributed by atoms with Gasteiger partial charge in [0.15, 0.2) is 0 Å². The van der Waals surface area contributed by atoms with Crippen LogP contribution in [0.4, 0.5) is 0 Å². The Morgan fingerprint density at radius 2 is 1.88 bits per heavy atom. The van der Waals surface area contributed by atoms with Crippen LogP contribution in [0, 0.1) is 0 Å². The molecule has 0 bridgehead atoms. The number of methoxy groups -OCH3 is 2. The molecule has 1 atom stereocenters. The van der Waals surface area contributed by atoms with Crippen molar-refractivity contribution in [2.45, 2.75) is 12.6 Å². The average molecular weight is 278 g/mol. The molecular formula is C12H17Cl2NO2. The second kappa shape index (κ2) is 7.90. The third-order valence-electron chi connectivity index (χ3n) is 2.42. The zero-order valence-electron chi connectivity index (χ0n) is 10.0. The lowest BCUT2D eigenvalue weighted by molar-refractivity contribution is 0.0288. The van der Waals surface area contributed by atoms with Crippen molar-refractivity contribution in [3.63, 3.8) is 0 Å². The number of benzene rings is 1. The third-order valence-corrected chi connectivity index (χ3v) is 3.13. The summed E-state index contributed by atoms with van der Waals surface area (Å²) in [5, 5.41) is 4.59. The van der Waals surface area contributed by atoms with Gasteiger partial charge in [-0.15, -0.1) is 0 Å². The van der Waals surface area contributed by atoms with E-state index in [9.17, 15) is 0 Å². The lowest BCUT2D eigenvalue weighted by Gasteiger charge is -2.15. The average Bonchev–Trinajstić information content (AvgIpc) is 2.31. The van der Waals surface area contributed by atoms with E-state index >= 15 is 0 Å². The fourth-order valence-electron chi connectivity index (χ4n) is 1.46. The summed E-state index contributed by atoms with van der Waals surface area (Å²) in [6.07, 6.45) is 0.0289. The third kappa shape index (κ3) is 4.82. The highest BCUT2D eigenvalue weighted by atomic mass is 35.5. The normalized spacial score (nSPS) is 12.7. The van der Waals surface area contributed by atoms with Gasteiger partial charge in [-0.3, -0.25) is 0 Å². The second-order valence-electron chi connectivity index (χ2n) is 3.64. The molecule has 0 radical (unpaired) electrons. The molecule has 0 amide bonds. The quantitative estimate of drug-likeness (QED) is 0.832. The van der Waals surface area contributed by atoms with Gasteiger partial charge in [-0.2, -0.15) is 0 Å². The van der Waals surface area contributed by atoms with Gasteiger partial charge < -0.3 is 14.8 Å². The van der Waals surface area contributed by atoms with E-state index in [0.717, 1.165) is 5.56 Å². The van der Waals surface area contributed by atoms with Gasteiger partial charge in [0.25, 0.3) is 0 Å². The summed E-state index contributed by atoms with van der Waals surface area (Å²) in [5.41, 5.74) is 0.906. The molecule has 1 aromatic rings. The molecule has 17 heavy (non-hydrogen) atoms. The number of ether oxygens (including phenoxy) is 2. The van der Waals surface area contributed by atoms with Crippen molar-refractivity contribution in [1.82, 2.24) is 5.32 Å². The van der Waals surface area contributed by atoms with Crippen LogP contribution in [0.1, 0.15) is 5.56 Å². The topological polar surface area (TPSA) is 30.5 Å². The molecule has 0 heterocycles. The van der Waals surface area contributed by atoms with E-state index < -0.39 is 0 Å². The Morgan fingerprint density at radius 3 is 2.41 bits per heavy atom. The summed E-state index contributed by atoms with van der Waals surface area (Å²) in [5.74, 6) is 0. The molecule has 0 aliphatic rings. The molecule has 5 heteroatoms. The predicted octanol–water partition coefficient (Wildman–Crippen LogP) is 2.74. The van der Waals surface area contributed by atoms with E-state index in [1.54, 1.807) is 14.2 Å². The van der Waals surface area contributed by atoms with Gasteiger partial charge in [0.05, 0.1) is 12.7 Å². The van der Waals surface area contributed by atoms with Crippen LogP contribution >= 0.6 is 23.2 Å². The van der Waals surface area contributed by atoms with Crippen molar-refractivity contribution in [3.05, 3.63) is 33.8 Å². The largest absolute Gasteiger partial charge is 0.382 e. The molecule has 0 aliphatic heterocycles. The lowest BCUT2D eigenvalue weighted by atomic mass is 10.2. The van der Waals surface area contributed by atoms with E-state index in [-0.39, 0.29) is 6.10 Å². The van der Waals surface area contributed by atoms with Gasteiger partial charge in [0.1, 0.15) is 0 Å². The molecule has 0 spiro atoms. The molecule has 96 valence electrons. The van der Waals surface area contributed by atoms with Crippen LogP contribution in [0.5, 0.6) is 0 Å². The first kappa shape index (κ1) is 14.7. The van der Waals surface area contributed by atoms with E-state index in [1.165, 1.54) is 0 Å². The zero-order chi connectivity index (χ0) is 12.7. The predicted molar refractivity (Wildman–Crippen MR) is 70.8 cm³/mol. The van der Waals surface area contributed by atoms with E-state index in [2.05, 4.69) is 5.32 Å². The van der Waals surface area contributed by atoms with Crippen molar-refractivity contribution in [2.24, 2.45) is 0 Å². The Balaban J connectivity index is 2.45. The minimum atomic E-state index is 0.0289. The van der Waals surface area contributed by atoms with Crippen molar-refractivity contribution in [2.75, 3.05) is 27.4 Å². The monoisotopic (exact) mass is 277 g/mol. The fourth-order valence-corrected chi connectivity index (χ4v) is 1.99. The number of hydrogen-bond donors (Lipinski definition) is 1. The number of hydrogen-bond acceptors (Lipinski definition) is 3. The summed E-state index contributed by atoms with van der Waals surface area (Å²) in [7, 11) is 3.31. The first-order chi connectivity index (χ1) is 8.19. The Bertz CT molecular complexity index is 327. The van der Waals surface area contributed by atoms with E-state index in [0.29, 0.717) is 29.7 Å². The van der Waals surface area contributed by atoms with Crippen LogP contribution in [-0.2, 0) is 16.0 Å². The number of rotatable bonds is 7. The van der Waals surface area contributed by atoms with Crippen molar-refractivity contribution < 1.29 is 9.47 Å². The summed E-state index contributed by atoms with van der Waals surface area (Å²) in [4.78, 5) is 0. The number of halogens is 2. The Labute approximate surface area is 112 Å². The van der Waals surface area contributed by atoms with Crippen molar-refractivity contribution in [1.29, 1.82) is 0 Å². The number of nitrogens with one attached hydrogen (secondary N) is 1. The van der Waals surface area contributed by atoms with Gasteiger partial charge in [-0.05, 0) is 12.1 Å². The van der Waals surface area contributed by atoms with Gasteiger partial charge in [0, 0.05) is 42.9 Å². The molecule has 0 aliphatic carbocycles. The van der Waals surface area contributed by atoms with Crippen LogP contribution in [0.25, 0.3) is 0 Å². The molecule has 3 nitrogen and oxygen atoms in total. The summed E-state index contributed by atoms with van der Waals surface area (Å²) in [6, 6.07) is 5.48. The van der Waals surface area contributed by atoms with Crippen LogP contribution in [0.2, 0.25) is 10.0 Å². The maximum atomic E-state index is 6.06. The maximum absolute atomic E-state index is 6.06. The zero-order valence-corrected chi connectivity index (χ0v) is 11.5. The summed E-state index contributed by atoms with van der Waals surface area (Å²) >= 11 is 12.1. The molecule has 0 saturated heterocycles. The molecule has 0 fully saturated rings. The Hall–Kier alpha value is -0.320. The van der Waals surface area contributed by atoms with Crippen LogP contribution in [0.15, 0.2) is 18.2 Å². The molecule has 1 unspecified atom stereocenters. The van der Waals surface area contributed by atoms with Crippen LogP contribution in [-0.4, -0.2) is 33.5 Å². The smallest absolute Gasteiger partial charge is 0.0928 e. The van der Waals surface area contributed by atoms with Gasteiger partial charge >= 0.3 is 0 Å². The molecule has 1 rings (SSSR count). The lowest BCUT2D eigenvalue weighted by Crippen LogP contribution is -2.31. The van der Waals surface area contributed by atoms with E-state index in [1.807, 2.05) is 18.2 Å². The van der Waals surface area contributed by atoms with Crippen LogP contribution in [0.3, 0.4) is 0 Å². The highest BCUT2D eigenvalue weighted by Gasteiger charge is 2.08. The molecule has 1 aromatic carbocycles. The molecule has 0 aromatic heterocycles. The second-order valence-corrected chi connectivity index (χ2v) is 4.46. The minimum Gasteiger partial charge on any atom is -0.382 e. The Kier molecular flexibility index (Phi) is 6.85. The van der Waals surface area contributed by atoms with Gasteiger partial charge in [-0.1, -0.05) is 29.3 Å². The molecular weight excluding hydrogens is 261 g/mol.